The fraction of sp³-hybridized carbons (Fsp3) is 0.158. The lowest BCUT2D eigenvalue weighted by Crippen LogP contribution is -1.97. The van der Waals surface area contributed by atoms with Crippen molar-refractivity contribution in [1.29, 1.82) is 0 Å². The van der Waals surface area contributed by atoms with Crippen molar-refractivity contribution in [3.05, 3.63) is 78.0 Å². The van der Waals surface area contributed by atoms with Crippen LogP contribution in [0, 0.1) is 13.8 Å². The first-order valence-electron chi connectivity index (χ1n) is 7.88. The summed E-state index contributed by atoms with van der Waals surface area (Å²) in [5, 5.41) is 0.984. The molecular formula is C19H18N4S. The Morgan fingerprint density at radius 1 is 1.00 bits per heavy atom. The number of hydrogen-bond donors (Lipinski definition) is 0. The Labute approximate surface area is 145 Å². The molecule has 5 heteroatoms. The minimum absolute atomic E-state index is 0.796. The number of para-hydroxylation sites is 1. The largest absolute Gasteiger partial charge is 0.307 e. The Bertz CT molecular complexity index is 999. The van der Waals surface area contributed by atoms with Crippen molar-refractivity contribution in [1.82, 2.24) is 18.9 Å². The highest BCUT2D eigenvalue weighted by Gasteiger charge is 2.10. The van der Waals surface area contributed by atoms with Crippen LogP contribution >= 0.6 is 11.8 Å². The first kappa shape index (κ1) is 15.0. The van der Waals surface area contributed by atoms with E-state index in [0.29, 0.717) is 0 Å². The zero-order valence-corrected chi connectivity index (χ0v) is 14.5. The average molecular weight is 334 g/mol. The fourth-order valence-corrected chi connectivity index (χ4v) is 3.68. The maximum Gasteiger partial charge on any atom is 0.172 e. The van der Waals surface area contributed by atoms with Gasteiger partial charge in [0.25, 0.3) is 0 Å². The molecule has 0 unspecified atom stereocenters. The van der Waals surface area contributed by atoms with Crippen molar-refractivity contribution in [2.45, 2.75) is 24.8 Å². The fourth-order valence-electron chi connectivity index (χ4n) is 2.83. The van der Waals surface area contributed by atoms with Crippen molar-refractivity contribution in [2.75, 3.05) is 0 Å². The van der Waals surface area contributed by atoms with Crippen molar-refractivity contribution in [3.63, 3.8) is 0 Å². The van der Waals surface area contributed by atoms with Gasteiger partial charge in [-0.2, -0.15) is 0 Å². The van der Waals surface area contributed by atoms with Crippen LogP contribution in [0.5, 0.6) is 0 Å². The van der Waals surface area contributed by atoms with Gasteiger partial charge in [0.2, 0.25) is 0 Å². The van der Waals surface area contributed by atoms with E-state index in [4.69, 9.17) is 4.98 Å². The second-order valence-electron chi connectivity index (χ2n) is 5.81. The highest BCUT2D eigenvalue weighted by atomic mass is 32.2. The van der Waals surface area contributed by atoms with Crippen molar-refractivity contribution < 1.29 is 0 Å². The van der Waals surface area contributed by atoms with Crippen LogP contribution in [0.4, 0.5) is 0 Å². The van der Waals surface area contributed by atoms with E-state index in [-0.39, 0.29) is 0 Å². The first-order chi connectivity index (χ1) is 11.7. The van der Waals surface area contributed by atoms with Gasteiger partial charge in [-0.1, -0.05) is 36.0 Å². The molecule has 0 aliphatic carbocycles. The lowest BCUT2D eigenvalue weighted by Gasteiger charge is -2.09. The molecule has 4 aromatic rings. The summed E-state index contributed by atoms with van der Waals surface area (Å²) in [5.74, 6) is 0.796. The number of fused-ring (bicyclic) bond motifs is 1. The monoisotopic (exact) mass is 334 g/mol. The summed E-state index contributed by atoms with van der Waals surface area (Å²) in [6, 6.07) is 12.5. The van der Waals surface area contributed by atoms with Crippen LogP contribution < -0.4 is 0 Å². The third-order valence-electron chi connectivity index (χ3n) is 4.06. The summed E-state index contributed by atoms with van der Waals surface area (Å²) in [5.41, 5.74) is 5.68. The van der Waals surface area contributed by atoms with Crippen LogP contribution in [0.3, 0.4) is 0 Å². The van der Waals surface area contributed by atoms with Gasteiger partial charge in [-0.15, -0.1) is 0 Å². The van der Waals surface area contributed by atoms with E-state index < -0.39 is 0 Å². The molecular weight excluding hydrogens is 316 g/mol. The minimum atomic E-state index is 0.796. The van der Waals surface area contributed by atoms with Gasteiger partial charge < -0.3 is 4.40 Å². The van der Waals surface area contributed by atoms with E-state index in [2.05, 4.69) is 64.3 Å². The summed E-state index contributed by atoms with van der Waals surface area (Å²) in [7, 11) is 0. The van der Waals surface area contributed by atoms with Gasteiger partial charge in [-0.3, -0.25) is 4.57 Å². The number of nitrogens with zero attached hydrogens (tertiary/aromatic N) is 4. The minimum Gasteiger partial charge on any atom is -0.307 e. The molecule has 0 spiro atoms. The molecule has 0 N–H and O–H groups in total. The van der Waals surface area contributed by atoms with Crippen LogP contribution in [0.25, 0.3) is 11.3 Å². The smallest absolute Gasteiger partial charge is 0.172 e. The number of aryl methyl sites for hydroxylation is 2. The molecule has 1 aromatic carbocycles. The molecule has 0 aliphatic rings. The van der Waals surface area contributed by atoms with E-state index in [9.17, 15) is 0 Å². The summed E-state index contributed by atoms with van der Waals surface area (Å²) < 4.78 is 4.22. The Balaban J connectivity index is 1.59. The van der Waals surface area contributed by atoms with E-state index in [1.165, 1.54) is 16.8 Å². The van der Waals surface area contributed by atoms with E-state index in [1.54, 1.807) is 11.8 Å². The molecule has 0 saturated carbocycles. The Hall–Kier alpha value is -2.53. The lowest BCUT2D eigenvalue weighted by atomic mass is 10.2. The Kier molecular flexibility index (Phi) is 3.86. The first-order valence-corrected chi connectivity index (χ1v) is 8.86. The number of benzene rings is 1. The van der Waals surface area contributed by atoms with Crippen molar-refractivity contribution >= 4 is 17.4 Å². The van der Waals surface area contributed by atoms with E-state index in [0.717, 1.165) is 22.3 Å². The van der Waals surface area contributed by atoms with Crippen LogP contribution in [-0.4, -0.2) is 18.9 Å². The maximum atomic E-state index is 4.74. The SMILES string of the molecule is Cc1ccccc1-n1ccnc1SCc1cn2cccc(C)c2n1. The van der Waals surface area contributed by atoms with Crippen LogP contribution in [0.15, 0.2) is 66.3 Å². The van der Waals surface area contributed by atoms with Crippen molar-refractivity contribution in [3.8, 4) is 5.69 Å². The molecule has 0 fully saturated rings. The lowest BCUT2D eigenvalue weighted by molar-refractivity contribution is 0.887. The number of thioether (sulfide) groups is 1. The average Bonchev–Trinajstić information content (AvgIpc) is 3.20. The number of aromatic nitrogens is 4. The van der Waals surface area contributed by atoms with E-state index in [1.807, 2.05) is 24.7 Å². The molecule has 0 radical (unpaired) electrons. The van der Waals surface area contributed by atoms with Gasteiger partial charge in [0.1, 0.15) is 5.65 Å². The number of hydrogen-bond acceptors (Lipinski definition) is 3. The molecule has 3 heterocycles. The molecule has 3 aromatic heterocycles. The second-order valence-corrected chi connectivity index (χ2v) is 6.75. The third-order valence-corrected chi connectivity index (χ3v) is 5.06. The maximum absolute atomic E-state index is 4.74. The van der Waals surface area contributed by atoms with Gasteiger partial charge >= 0.3 is 0 Å². The summed E-state index contributed by atoms with van der Waals surface area (Å²) >= 11 is 1.71. The van der Waals surface area contributed by atoms with Gasteiger partial charge in [0, 0.05) is 30.5 Å². The van der Waals surface area contributed by atoms with Gasteiger partial charge in [-0.05, 0) is 37.1 Å². The van der Waals surface area contributed by atoms with Crippen LogP contribution in [0.1, 0.15) is 16.8 Å². The summed E-state index contributed by atoms with van der Waals surface area (Å²) in [6.45, 7) is 4.21. The van der Waals surface area contributed by atoms with Gasteiger partial charge in [0.15, 0.2) is 5.16 Å². The predicted molar refractivity (Wildman–Crippen MR) is 97.8 cm³/mol. The Morgan fingerprint density at radius 3 is 2.67 bits per heavy atom. The Morgan fingerprint density at radius 2 is 1.83 bits per heavy atom. The second kappa shape index (κ2) is 6.17. The van der Waals surface area contributed by atoms with Crippen molar-refractivity contribution in [2.24, 2.45) is 0 Å². The zero-order chi connectivity index (χ0) is 16.5. The highest BCUT2D eigenvalue weighted by molar-refractivity contribution is 7.98. The normalized spacial score (nSPS) is 11.2. The number of imidazole rings is 2. The highest BCUT2D eigenvalue weighted by Crippen LogP contribution is 2.25. The molecule has 0 atom stereocenters. The number of rotatable bonds is 4. The molecule has 0 saturated heterocycles. The predicted octanol–water partition coefficient (Wildman–Crippen LogP) is 4.43. The molecule has 120 valence electrons. The summed E-state index contributed by atoms with van der Waals surface area (Å²) in [6.07, 6.45) is 8.00. The standard InChI is InChI=1S/C19H18N4S/c1-14-6-3-4-8-17(14)23-11-9-20-19(23)24-13-16-12-22-10-5-7-15(2)18(22)21-16/h3-12H,13H2,1-2H3. The molecule has 24 heavy (non-hydrogen) atoms. The third kappa shape index (κ3) is 2.71. The number of pyridine rings is 1. The van der Waals surface area contributed by atoms with Gasteiger partial charge in [-0.25, -0.2) is 9.97 Å². The summed E-state index contributed by atoms with van der Waals surface area (Å²) in [4.78, 5) is 9.25. The molecule has 0 amide bonds. The van der Waals surface area contributed by atoms with Gasteiger partial charge in [0.05, 0.1) is 11.4 Å². The van der Waals surface area contributed by atoms with Crippen LogP contribution in [-0.2, 0) is 5.75 Å². The quantitative estimate of drug-likeness (QED) is 0.518. The van der Waals surface area contributed by atoms with E-state index >= 15 is 0 Å². The topological polar surface area (TPSA) is 35.1 Å². The molecule has 4 rings (SSSR count). The molecule has 0 bridgehead atoms. The molecule has 0 aliphatic heterocycles. The zero-order valence-electron chi connectivity index (χ0n) is 13.7. The van der Waals surface area contributed by atoms with Crippen LogP contribution in [0.2, 0.25) is 0 Å². The molecule has 4 nitrogen and oxygen atoms in total.